The largest absolute Gasteiger partial charge is 0.369 e. The Morgan fingerprint density at radius 3 is 2.78 bits per heavy atom. The van der Waals surface area contributed by atoms with Gasteiger partial charge in [0.1, 0.15) is 11.6 Å². The number of hydrogen-bond donors (Lipinski definition) is 1. The number of imidazole rings is 1. The summed E-state index contributed by atoms with van der Waals surface area (Å²) in [5.41, 5.74) is 0.603. The molecule has 1 unspecified atom stereocenters. The Kier molecular flexibility index (Phi) is 6.45. The lowest BCUT2D eigenvalue weighted by Gasteiger charge is -2.32. The standard InChI is InChI=1S/C20H30N6O/c1-4-26(15-19-21-10-12-25(19)3)20(27)16-8-9-18(22-13-16)23-14-17-7-5-6-11-24(17)2/h8-10,12-13,17H,4-7,11,14-15H2,1-3H3,(H,22,23). The first-order chi connectivity index (χ1) is 13.1. The van der Waals surface area contributed by atoms with E-state index in [0.29, 0.717) is 24.7 Å². The topological polar surface area (TPSA) is 66.3 Å². The van der Waals surface area contributed by atoms with Gasteiger partial charge in [-0.25, -0.2) is 9.97 Å². The van der Waals surface area contributed by atoms with E-state index in [9.17, 15) is 4.79 Å². The van der Waals surface area contributed by atoms with Gasteiger partial charge in [-0.15, -0.1) is 0 Å². The molecule has 27 heavy (non-hydrogen) atoms. The molecule has 0 bridgehead atoms. The number of aromatic nitrogens is 3. The lowest BCUT2D eigenvalue weighted by Crippen LogP contribution is -2.40. The maximum absolute atomic E-state index is 12.8. The second-order valence-corrected chi connectivity index (χ2v) is 7.22. The fourth-order valence-corrected chi connectivity index (χ4v) is 3.48. The first kappa shape index (κ1) is 19.4. The predicted molar refractivity (Wildman–Crippen MR) is 107 cm³/mol. The Balaban J connectivity index is 1.58. The number of carbonyl (C=O) groups is 1. The number of piperidine rings is 1. The number of anilines is 1. The molecule has 3 rings (SSSR count). The van der Waals surface area contributed by atoms with Crippen LogP contribution in [0, 0.1) is 0 Å². The molecular weight excluding hydrogens is 340 g/mol. The third kappa shape index (κ3) is 4.86. The van der Waals surface area contributed by atoms with E-state index in [1.54, 1.807) is 17.3 Å². The molecule has 0 radical (unpaired) electrons. The number of nitrogens with one attached hydrogen (secondary N) is 1. The molecule has 3 heterocycles. The second-order valence-electron chi connectivity index (χ2n) is 7.22. The van der Waals surface area contributed by atoms with Crippen molar-refractivity contribution in [1.29, 1.82) is 0 Å². The summed E-state index contributed by atoms with van der Waals surface area (Å²) in [5.74, 6) is 1.66. The Bertz CT molecular complexity index is 741. The van der Waals surface area contributed by atoms with Crippen molar-refractivity contribution in [3.05, 3.63) is 42.1 Å². The third-order valence-electron chi connectivity index (χ3n) is 5.37. The van der Waals surface area contributed by atoms with Crippen molar-refractivity contribution in [3.8, 4) is 0 Å². The van der Waals surface area contributed by atoms with E-state index in [-0.39, 0.29) is 5.91 Å². The minimum absolute atomic E-state index is 0.0217. The molecule has 0 spiro atoms. The van der Waals surface area contributed by atoms with Crippen LogP contribution < -0.4 is 5.32 Å². The van der Waals surface area contributed by atoms with Gasteiger partial charge >= 0.3 is 0 Å². The molecule has 0 aliphatic carbocycles. The number of carbonyl (C=O) groups excluding carboxylic acids is 1. The second kappa shape index (κ2) is 8.99. The van der Waals surface area contributed by atoms with Crippen molar-refractivity contribution in [1.82, 2.24) is 24.3 Å². The van der Waals surface area contributed by atoms with Crippen LogP contribution >= 0.6 is 0 Å². The van der Waals surface area contributed by atoms with Gasteiger partial charge in [0, 0.05) is 44.8 Å². The number of nitrogens with zero attached hydrogens (tertiary/aromatic N) is 5. The monoisotopic (exact) mass is 370 g/mol. The first-order valence-electron chi connectivity index (χ1n) is 9.74. The van der Waals surface area contributed by atoms with Crippen molar-refractivity contribution in [2.75, 3.05) is 32.0 Å². The lowest BCUT2D eigenvalue weighted by atomic mass is 10.0. The number of hydrogen-bond acceptors (Lipinski definition) is 5. The smallest absolute Gasteiger partial charge is 0.255 e. The molecule has 146 valence electrons. The Hall–Kier alpha value is -2.41. The van der Waals surface area contributed by atoms with Crippen LogP contribution in [0.2, 0.25) is 0 Å². The Morgan fingerprint density at radius 2 is 2.15 bits per heavy atom. The van der Waals surface area contributed by atoms with E-state index in [2.05, 4.69) is 27.2 Å². The van der Waals surface area contributed by atoms with Crippen LogP contribution in [0.15, 0.2) is 30.7 Å². The summed E-state index contributed by atoms with van der Waals surface area (Å²) in [6.07, 6.45) is 9.10. The van der Waals surface area contributed by atoms with Crippen molar-refractivity contribution >= 4 is 11.7 Å². The summed E-state index contributed by atoms with van der Waals surface area (Å²) in [5, 5.41) is 3.41. The van der Waals surface area contributed by atoms with E-state index >= 15 is 0 Å². The SMILES string of the molecule is CCN(Cc1nccn1C)C(=O)c1ccc(NCC2CCCCN2C)nc1. The fourth-order valence-electron chi connectivity index (χ4n) is 3.48. The average Bonchev–Trinajstić information content (AvgIpc) is 3.10. The summed E-state index contributed by atoms with van der Waals surface area (Å²) >= 11 is 0. The van der Waals surface area contributed by atoms with E-state index in [1.807, 2.05) is 36.9 Å². The molecule has 1 N–H and O–H groups in total. The summed E-state index contributed by atoms with van der Waals surface area (Å²) in [6.45, 7) is 5.14. The number of pyridine rings is 1. The summed E-state index contributed by atoms with van der Waals surface area (Å²) < 4.78 is 1.93. The van der Waals surface area contributed by atoms with Crippen LogP contribution in [0.3, 0.4) is 0 Å². The lowest BCUT2D eigenvalue weighted by molar-refractivity contribution is 0.0747. The van der Waals surface area contributed by atoms with Gasteiger partial charge in [-0.3, -0.25) is 4.79 Å². The van der Waals surface area contributed by atoms with Crippen LogP contribution in [0.1, 0.15) is 42.4 Å². The molecule has 7 heteroatoms. The molecule has 1 fully saturated rings. The molecule has 7 nitrogen and oxygen atoms in total. The molecule has 1 atom stereocenters. The van der Waals surface area contributed by atoms with Crippen molar-refractivity contribution in [3.63, 3.8) is 0 Å². The van der Waals surface area contributed by atoms with Crippen molar-refractivity contribution < 1.29 is 4.79 Å². The summed E-state index contributed by atoms with van der Waals surface area (Å²) in [4.78, 5) is 25.7. The molecule has 2 aromatic heterocycles. The Morgan fingerprint density at radius 1 is 1.30 bits per heavy atom. The van der Waals surface area contributed by atoms with Crippen LogP contribution in [-0.4, -0.2) is 63.0 Å². The Labute approximate surface area is 161 Å². The van der Waals surface area contributed by atoms with Gasteiger partial charge in [-0.1, -0.05) is 6.42 Å². The highest BCUT2D eigenvalue weighted by Gasteiger charge is 2.19. The quantitative estimate of drug-likeness (QED) is 0.811. The molecule has 1 aliphatic rings. The van der Waals surface area contributed by atoms with Crippen molar-refractivity contribution in [2.45, 2.75) is 38.8 Å². The molecule has 1 saturated heterocycles. The van der Waals surface area contributed by atoms with Gasteiger partial charge in [-0.2, -0.15) is 0 Å². The van der Waals surface area contributed by atoms with E-state index < -0.39 is 0 Å². The van der Waals surface area contributed by atoms with Gasteiger partial charge in [0.2, 0.25) is 0 Å². The zero-order valence-electron chi connectivity index (χ0n) is 16.6. The number of aryl methyl sites for hydroxylation is 1. The van der Waals surface area contributed by atoms with E-state index in [1.165, 1.54) is 19.3 Å². The maximum atomic E-state index is 12.8. The van der Waals surface area contributed by atoms with Crippen LogP contribution in [0.4, 0.5) is 5.82 Å². The molecule has 1 amide bonds. The first-order valence-corrected chi connectivity index (χ1v) is 9.74. The molecule has 2 aromatic rings. The number of likely N-dealkylation sites (N-methyl/N-ethyl adjacent to an activating group) is 1. The van der Waals surface area contributed by atoms with E-state index in [4.69, 9.17) is 0 Å². The number of amides is 1. The number of rotatable bonds is 7. The highest BCUT2D eigenvalue weighted by atomic mass is 16.2. The molecule has 0 aromatic carbocycles. The van der Waals surface area contributed by atoms with Gasteiger partial charge in [0.05, 0.1) is 12.1 Å². The minimum atomic E-state index is -0.0217. The average molecular weight is 371 g/mol. The van der Waals surface area contributed by atoms with Gasteiger partial charge in [-0.05, 0) is 45.5 Å². The van der Waals surface area contributed by atoms with Gasteiger partial charge in [0.25, 0.3) is 5.91 Å². The highest BCUT2D eigenvalue weighted by Crippen LogP contribution is 2.16. The van der Waals surface area contributed by atoms with Crippen LogP contribution in [-0.2, 0) is 13.6 Å². The van der Waals surface area contributed by atoms with Crippen LogP contribution in [0.25, 0.3) is 0 Å². The summed E-state index contributed by atoms with van der Waals surface area (Å²) in [7, 11) is 4.12. The highest BCUT2D eigenvalue weighted by molar-refractivity contribution is 5.94. The predicted octanol–water partition coefficient (Wildman–Crippen LogP) is 2.37. The molecular formula is C20H30N6O. The van der Waals surface area contributed by atoms with Gasteiger partial charge in [0.15, 0.2) is 0 Å². The molecule has 0 saturated carbocycles. The van der Waals surface area contributed by atoms with Gasteiger partial charge < -0.3 is 19.7 Å². The zero-order valence-corrected chi connectivity index (χ0v) is 16.6. The minimum Gasteiger partial charge on any atom is -0.369 e. The van der Waals surface area contributed by atoms with Crippen LogP contribution in [0.5, 0.6) is 0 Å². The fraction of sp³-hybridized carbons (Fsp3) is 0.550. The maximum Gasteiger partial charge on any atom is 0.255 e. The van der Waals surface area contributed by atoms with E-state index in [0.717, 1.165) is 24.7 Å². The third-order valence-corrected chi connectivity index (χ3v) is 5.37. The molecule has 1 aliphatic heterocycles. The number of likely N-dealkylation sites (tertiary alicyclic amines) is 1. The van der Waals surface area contributed by atoms with Crippen molar-refractivity contribution in [2.24, 2.45) is 7.05 Å². The normalized spacial score (nSPS) is 17.7. The summed E-state index contributed by atoms with van der Waals surface area (Å²) in [6, 6.07) is 4.30. The zero-order chi connectivity index (χ0) is 19.2.